The molecule has 0 aromatic heterocycles. The smallest absolute Gasteiger partial charge is 0.135 e. The van der Waals surface area contributed by atoms with E-state index in [1.165, 1.54) is 0 Å². The van der Waals surface area contributed by atoms with E-state index in [-0.39, 0.29) is 13.2 Å². The van der Waals surface area contributed by atoms with Crippen LogP contribution in [0.4, 0.5) is 0 Å². The van der Waals surface area contributed by atoms with E-state index >= 15 is 0 Å². The summed E-state index contributed by atoms with van der Waals surface area (Å²) in [7, 11) is 0. The quantitative estimate of drug-likeness (QED) is 0.483. The van der Waals surface area contributed by atoms with E-state index in [2.05, 4.69) is 25.1 Å². The maximum atomic E-state index is 9.06. The van der Waals surface area contributed by atoms with Gasteiger partial charge < -0.3 is 19.7 Å². The molecule has 0 spiro atoms. The fourth-order valence-electron chi connectivity index (χ4n) is 3.00. The number of aryl methyl sites for hydroxylation is 1. The molecule has 2 N–H and O–H groups in total. The van der Waals surface area contributed by atoms with Gasteiger partial charge in [0.25, 0.3) is 0 Å². The van der Waals surface area contributed by atoms with E-state index in [1.807, 2.05) is 24.3 Å². The summed E-state index contributed by atoms with van der Waals surface area (Å²) in [6, 6.07) is 14.3. The Kier molecular flexibility index (Phi) is 5.74. The lowest BCUT2D eigenvalue weighted by molar-refractivity contribution is 0.234. The van der Waals surface area contributed by atoms with E-state index in [1.54, 1.807) is 0 Å². The number of aliphatic hydroxyl groups is 2. The van der Waals surface area contributed by atoms with E-state index in [4.69, 9.17) is 19.7 Å². The van der Waals surface area contributed by atoms with E-state index < -0.39 is 0 Å². The highest BCUT2D eigenvalue weighted by atomic mass is 16.5. The van der Waals surface area contributed by atoms with Gasteiger partial charge in [0.2, 0.25) is 0 Å². The van der Waals surface area contributed by atoms with Crippen LogP contribution < -0.4 is 9.47 Å². The first-order valence-electron chi connectivity index (χ1n) is 8.68. The Balaban J connectivity index is 2.21. The van der Waals surface area contributed by atoms with Crippen molar-refractivity contribution in [3.8, 4) is 11.5 Å². The molecule has 4 heteroatoms. The predicted octanol–water partition coefficient (Wildman–Crippen LogP) is 3.82. The second kappa shape index (κ2) is 8.19. The van der Waals surface area contributed by atoms with Gasteiger partial charge in [-0.05, 0) is 13.0 Å². The third kappa shape index (κ3) is 3.70. The summed E-state index contributed by atoms with van der Waals surface area (Å²) < 4.78 is 12.1. The molecule has 0 fully saturated rings. The topological polar surface area (TPSA) is 58.9 Å². The van der Waals surface area contributed by atoms with Crippen molar-refractivity contribution in [3.05, 3.63) is 48.0 Å². The Labute approximate surface area is 147 Å². The normalized spacial score (nSPS) is 11.2. The third-order valence-corrected chi connectivity index (χ3v) is 4.18. The standard InChI is InChI=1S/C21H24O4/c1-15-8-9-18-19(14-15)21(25-13-5-11-23)17-7-3-2-6-16(17)20(18)24-12-4-10-22/h2-3,6-9,14,22-23H,4-5,10-13H2,1H3. The van der Waals surface area contributed by atoms with Crippen LogP contribution in [0.15, 0.2) is 42.5 Å². The molecule has 0 aliphatic heterocycles. The fraction of sp³-hybridized carbons (Fsp3) is 0.333. The second-order valence-corrected chi connectivity index (χ2v) is 6.10. The maximum Gasteiger partial charge on any atom is 0.135 e. The van der Waals surface area contributed by atoms with Crippen LogP contribution in [-0.4, -0.2) is 36.6 Å². The summed E-state index contributed by atoms with van der Waals surface area (Å²) in [5.74, 6) is 1.66. The molecule has 3 rings (SSSR count). The van der Waals surface area contributed by atoms with Crippen molar-refractivity contribution in [1.29, 1.82) is 0 Å². The highest BCUT2D eigenvalue weighted by molar-refractivity contribution is 6.11. The van der Waals surface area contributed by atoms with Gasteiger partial charge in [-0.1, -0.05) is 42.0 Å². The minimum absolute atomic E-state index is 0.108. The van der Waals surface area contributed by atoms with Crippen LogP contribution in [0.1, 0.15) is 18.4 Å². The van der Waals surface area contributed by atoms with Gasteiger partial charge in [0.1, 0.15) is 11.5 Å². The Hall–Kier alpha value is -2.30. The number of fused-ring (bicyclic) bond motifs is 2. The van der Waals surface area contributed by atoms with Crippen LogP contribution in [-0.2, 0) is 0 Å². The number of ether oxygens (including phenoxy) is 2. The molecule has 3 aromatic carbocycles. The molecule has 0 bridgehead atoms. The van der Waals surface area contributed by atoms with Gasteiger partial charge in [0, 0.05) is 47.6 Å². The molecule has 0 saturated heterocycles. The molecule has 132 valence electrons. The summed E-state index contributed by atoms with van der Waals surface area (Å²) in [4.78, 5) is 0. The fourth-order valence-corrected chi connectivity index (χ4v) is 3.00. The summed E-state index contributed by atoms with van der Waals surface area (Å²) in [6.45, 7) is 3.20. The molecular weight excluding hydrogens is 316 g/mol. The molecule has 0 unspecified atom stereocenters. The highest BCUT2D eigenvalue weighted by Gasteiger charge is 2.16. The van der Waals surface area contributed by atoms with Crippen LogP contribution >= 0.6 is 0 Å². The molecular formula is C21H24O4. The molecule has 0 saturated carbocycles. The van der Waals surface area contributed by atoms with Crippen molar-refractivity contribution in [2.45, 2.75) is 19.8 Å². The highest BCUT2D eigenvalue weighted by Crippen LogP contribution is 2.43. The Bertz CT molecular complexity index is 857. The summed E-state index contributed by atoms with van der Waals surface area (Å²) in [5, 5.41) is 22.1. The zero-order valence-corrected chi connectivity index (χ0v) is 14.5. The summed E-state index contributed by atoms with van der Waals surface area (Å²) in [6.07, 6.45) is 1.19. The van der Waals surface area contributed by atoms with Crippen LogP contribution in [0.25, 0.3) is 21.5 Å². The van der Waals surface area contributed by atoms with Crippen LogP contribution in [0.3, 0.4) is 0 Å². The Morgan fingerprint density at radius 1 is 0.720 bits per heavy atom. The van der Waals surface area contributed by atoms with Gasteiger partial charge in [-0.3, -0.25) is 0 Å². The van der Waals surface area contributed by atoms with Crippen molar-refractivity contribution in [2.24, 2.45) is 0 Å². The first kappa shape index (κ1) is 17.5. The lowest BCUT2D eigenvalue weighted by Crippen LogP contribution is -2.04. The van der Waals surface area contributed by atoms with Crippen molar-refractivity contribution in [2.75, 3.05) is 26.4 Å². The zero-order chi connectivity index (χ0) is 17.6. The molecule has 0 atom stereocenters. The number of hydrogen-bond acceptors (Lipinski definition) is 4. The van der Waals surface area contributed by atoms with Gasteiger partial charge in [0.05, 0.1) is 13.2 Å². The number of aliphatic hydroxyl groups excluding tert-OH is 2. The molecule has 0 aliphatic rings. The first-order chi connectivity index (χ1) is 12.3. The number of benzene rings is 3. The largest absolute Gasteiger partial charge is 0.492 e. The minimum Gasteiger partial charge on any atom is -0.492 e. The minimum atomic E-state index is 0.108. The van der Waals surface area contributed by atoms with Crippen LogP contribution in [0.5, 0.6) is 11.5 Å². The van der Waals surface area contributed by atoms with Crippen molar-refractivity contribution in [3.63, 3.8) is 0 Å². The lowest BCUT2D eigenvalue weighted by Gasteiger charge is -2.18. The molecule has 0 heterocycles. The van der Waals surface area contributed by atoms with E-state index in [0.29, 0.717) is 26.1 Å². The van der Waals surface area contributed by atoms with Crippen molar-refractivity contribution < 1.29 is 19.7 Å². The van der Waals surface area contributed by atoms with Crippen molar-refractivity contribution in [1.82, 2.24) is 0 Å². The molecule has 25 heavy (non-hydrogen) atoms. The SMILES string of the molecule is Cc1ccc2c(OCCCO)c3ccccc3c(OCCCO)c2c1. The Morgan fingerprint density at radius 3 is 1.80 bits per heavy atom. The number of hydrogen-bond donors (Lipinski definition) is 2. The summed E-state index contributed by atoms with van der Waals surface area (Å²) >= 11 is 0. The van der Waals surface area contributed by atoms with Gasteiger partial charge in [-0.2, -0.15) is 0 Å². The zero-order valence-electron chi connectivity index (χ0n) is 14.5. The predicted molar refractivity (Wildman–Crippen MR) is 101 cm³/mol. The average molecular weight is 340 g/mol. The molecule has 3 aromatic rings. The monoisotopic (exact) mass is 340 g/mol. The second-order valence-electron chi connectivity index (χ2n) is 6.10. The number of rotatable bonds is 8. The third-order valence-electron chi connectivity index (χ3n) is 4.18. The van der Waals surface area contributed by atoms with Gasteiger partial charge in [-0.25, -0.2) is 0 Å². The van der Waals surface area contributed by atoms with Gasteiger partial charge in [0.15, 0.2) is 0 Å². The summed E-state index contributed by atoms with van der Waals surface area (Å²) in [5.41, 5.74) is 1.15. The van der Waals surface area contributed by atoms with E-state index in [0.717, 1.165) is 38.6 Å². The molecule has 4 nitrogen and oxygen atoms in total. The average Bonchev–Trinajstić information content (AvgIpc) is 2.63. The maximum absolute atomic E-state index is 9.06. The van der Waals surface area contributed by atoms with E-state index in [9.17, 15) is 0 Å². The molecule has 0 aliphatic carbocycles. The Morgan fingerprint density at radius 2 is 1.24 bits per heavy atom. The molecule has 0 amide bonds. The van der Waals surface area contributed by atoms with Crippen LogP contribution in [0.2, 0.25) is 0 Å². The van der Waals surface area contributed by atoms with Crippen molar-refractivity contribution >= 4 is 21.5 Å². The lowest BCUT2D eigenvalue weighted by atomic mass is 9.99. The first-order valence-corrected chi connectivity index (χ1v) is 8.68. The van der Waals surface area contributed by atoms with Gasteiger partial charge >= 0.3 is 0 Å². The molecule has 0 radical (unpaired) electrons. The van der Waals surface area contributed by atoms with Gasteiger partial charge in [-0.15, -0.1) is 0 Å². The van der Waals surface area contributed by atoms with Crippen LogP contribution in [0, 0.1) is 6.92 Å².